The van der Waals surface area contributed by atoms with Gasteiger partial charge in [-0.05, 0) is 54.4 Å². The average Bonchev–Trinajstić information content (AvgIpc) is 3.13. The van der Waals surface area contributed by atoms with Gasteiger partial charge in [0.05, 0.1) is 17.1 Å². The quantitative estimate of drug-likeness (QED) is 0.453. The Morgan fingerprint density at radius 1 is 1.03 bits per heavy atom. The Bertz CT molecular complexity index is 1240. The molecular weight excluding hydrogens is 405 g/mol. The first kappa shape index (κ1) is 21.0. The maximum atomic E-state index is 13.7. The van der Waals surface area contributed by atoms with E-state index in [1.807, 2.05) is 25.1 Å². The number of anilines is 1. The number of aromatic amines is 1. The number of hydrogen-bond donors (Lipinski definition) is 3. The summed E-state index contributed by atoms with van der Waals surface area (Å²) in [5.74, 6) is -0.701. The molecule has 0 aliphatic rings. The standard InChI is InChI=1S/C22H18FN5O.ClH/c1-12-10-13(23)6-7-14(12)20-17(15-4-2-3-5-16(15)21(24)29)11-19(27-20)18-8-9-26-22(25)28-18;/h2-11,27H,1H3,(H2,24,29)(H2,25,26,28);1H. The van der Waals surface area contributed by atoms with Crippen molar-refractivity contribution in [2.75, 3.05) is 5.73 Å². The van der Waals surface area contributed by atoms with Crippen LogP contribution in [0.3, 0.4) is 0 Å². The van der Waals surface area contributed by atoms with Crippen LogP contribution in [0.2, 0.25) is 0 Å². The molecule has 0 saturated heterocycles. The average molecular weight is 424 g/mol. The van der Waals surface area contributed by atoms with Gasteiger partial charge in [0.2, 0.25) is 11.9 Å². The second kappa shape index (κ2) is 8.34. The first-order valence-electron chi connectivity index (χ1n) is 8.91. The van der Waals surface area contributed by atoms with Gasteiger partial charge in [0, 0.05) is 22.9 Å². The van der Waals surface area contributed by atoms with E-state index in [-0.39, 0.29) is 24.2 Å². The second-order valence-corrected chi connectivity index (χ2v) is 6.64. The van der Waals surface area contributed by atoms with Crippen LogP contribution in [0.4, 0.5) is 10.3 Å². The topological polar surface area (TPSA) is 111 Å². The van der Waals surface area contributed by atoms with E-state index in [2.05, 4.69) is 15.0 Å². The van der Waals surface area contributed by atoms with Gasteiger partial charge in [0.1, 0.15) is 5.82 Å². The van der Waals surface area contributed by atoms with E-state index >= 15 is 0 Å². The molecule has 0 radical (unpaired) electrons. The molecule has 5 N–H and O–H groups in total. The molecule has 30 heavy (non-hydrogen) atoms. The van der Waals surface area contributed by atoms with Crippen LogP contribution in [0, 0.1) is 12.7 Å². The number of rotatable bonds is 4. The number of hydrogen-bond acceptors (Lipinski definition) is 4. The Morgan fingerprint density at radius 2 is 1.80 bits per heavy atom. The summed E-state index contributed by atoms with van der Waals surface area (Å²) in [7, 11) is 0. The number of aryl methyl sites for hydroxylation is 1. The van der Waals surface area contributed by atoms with E-state index in [4.69, 9.17) is 11.5 Å². The highest BCUT2D eigenvalue weighted by Crippen LogP contribution is 2.38. The third-order valence-electron chi connectivity index (χ3n) is 4.71. The maximum absolute atomic E-state index is 13.7. The van der Waals surface area contributed by atoms with Crippen LogP contribution in [0.15, 0.2) is 60.8 Å². The smallest absolute Gasteiger partial charge is 0.249 e. The number of nitrogens with one attached hydrogen (secondary N) is 1. The van der Waals surface area contributed by atoms with Gasteiger partial charge in [0.15, 0.2) is 0 Å². The normalized spacial score (nSPS) is 10.5. The predicted molar refractivity (Wildman–Crippen MR) is 118 cm³/mol. The molecule has 1 amide bonds. The summed E-state index contributed by atoms with van der Waals surface area (Å²) in [5, 5.41) is 0. The molecule has 0 saturated carbocycles. The highest BCUT2D eigenvalue weighted by atomic mass is 35.5. The van der Waals surface area contributed by atoms with E-state index in [0.717, 1.165) is 22.4 Å². The van der Waals surface area contributed by atoms with Crippen molar-refractivity contribution in [2.24, 2.45) is 5.73 Å². The van der Waals surface area contributed by atoms with Crippen molar-refractivity contribution < 1.29 is 9.18 Å². The summed E-state index contributed by atoms with van der Waals surface area (Å²) in [5.41, 5.74) is 16.7. The zero-order valence-corrected chi connectivity index (χ0v) is 16.8. The monoisotopic (exact) mass is 423 g/mol. The Hall–Kier alpha value is -3.71. The fourth-order valence-corrected chi connectivity index (χ4v) is 3.38. The SMILES string of the molecule is Cc1cc(F)ccc1-c1[nH]c(-c2ccnc(N)n2)cc1-c1ccccc1C(N)=O.Cl. The van der Waals surface area contributed by atoms with Gasteiger partial charge < -0.3 is 16.5 Å². The first-order chi connectivity index (χ1) is 13.9. The molecule has 6 nitrogen and oxygen atoms in total. The van der Waals surface area contributed by atoms with Crippen molar-refractivity contribution in [1.82, 2.24) is 15.0 Å². The van der Waals surface area contributed by atoms with Crippen LogP contribution in [0.25, 0.3) is 33.8 Å². The van der Waals surface area contributed by atoms with E-state index in [9.17, 15) is 9.18 Å². The largest absolute Gasteiger partial charge is 0.368 e. The molecule has 2 aromatic carbocycles. The molecule has 2 aromatic heterocycles. The summed E-state index contributed by atoms with van der Waals surface area (Å²) in [6, 6.07) is 15.2. The molecule has 2 heterocycles. The van der Waals surface area contributed by atoms with E-state index < -0.39 is 5.91 Å². The fourth-order valence-electron chi connectivity index (χ4n) is 3.38. The van der Waals surface area contributed by atoms with E-state index in [0.29, 0.717) is 22.5 Å². The minimum atomic E-state index is -0.531. The Morgan fingerprint density at radius 3 is 2.50 bits per heavy atom. The zero-order valence-electron chi connectivity index (χ0n) is 16.0. The molecule has 0 bridgehead atoms. The number of benzene rings is 2. The Labute approximate surface area is 178 Å². The third-order valence-corrected chi connectivity index (χ3v) is 4.71. The van der Waals surface area contributed by atoms with Gasteiger partial charge in [-0.25, -0.2) is 14.4 Å². The van der Waals surface area contributed by atoms with Gasteiger partial charge in [-0.1, -0.05) is 18.2 Å². The number of carbonyl (C=O) groups excluding carboxylic acids is 1. The van der Waals surface area contributed by atoms with E-state index in [1.165, 1.54) is 12.1 Å². The number of primary amides is 1. The minimum absolute atomic E-state index is 0. The van der Waals surface area contributed by atoms with Gasteiger partial charge in [-0.3, -0.25) is 4.79 Å². The second-order valence-electron chi connectivity index (χ2n) is 6.64. The summed E-state index contributed by atoms with van der Waals surface area (Å²) in [4.78, 5) is 23.5. The number of carbonyl (C=O) groups is 1. The first-order valence-corrected chi connectivity index (χ1v) is 8.91. The van der Waals surface area contributed by atoms with Crippen LogP contribution in [0.5, 0.6) is 0 Å². The van der Waals surface area contributed by atoms with E-state index in [1.54, 1.807) is 30.5 Å². The lowest BCUT2D eigenvalue weighted by atomic mass is 9.95. The Kier molecular flexibility index (Phi) is 5.84. The molecule has 0 aliphatic carbocycles. The van der Waals surface area contributed by atoms with Gasteiger partial charge in [-0.2, -0.15) is 0 Å². The summed E-state index contributed by atoms with van der Waals surface area (Å²) < 4.78 is 13.7. The molecule has 0 atom stereocenters. The van der Waals surface area contributed by atoms with Crippen LogP contribution >= 0.6 is 12.4 Å². The number of nitrogens with zero attached hydrogens (tertiary/aromatic N) is 2. The third kappa shape index (κ3) is 3.88. The number of amides is 1. The summed E-state index contributed by atoms with van der Waals surface area (Å²) >= 11 is 0. The van der Waals surface area contributed by atoms with Gasteiger partial charge in [-0.15, -0.1) is 12.4 Å². The number of H-pyrrole nitrogens is 1. The molecule has 4 rings (SSSR count). The highest BCUT2D eigenvalue weighted by molar-refractivity contribution is 6.02. The lowest BCUT2D eigenvalue weighted by Gasteiger charge is -2.10. The molecule has 0 fully saturated rings. The van der Waals surface area contributed by atoms with Crippen LogP contribution in [-0.2, 0) is 0 Å². The van der Waals surface area contributed by atoms with Crippen molar-refractivity contribution in [3.63, 3.8) is 0 Å². The fraction of sp³-hybridized carbons (Fsp3) is 0.0455. The van der Waals surface area contributed by atoms with Crippen LogP contribution < -0.4 is 11.5 Å². The molecule has 8 heteroatoms. The summed E-state index contributed by atoms with van der Waals surface area (Å²) in [6.45, 7) is 1.82. The predicted octanol–water partition coefficient (Wildman–Crippen LogP) is 4.36. The number of nitrogen functional groups attached to an aromatic ring is 1. The van der Waals surface area contributed by atoms with Crippen LogP contribution in [-0.4, -0.2) is 20.9 Å². The molecule has 0 unspecified atom stereocenters. The highest BCUT2D eigenvalue weighted by Gasteiger charge is 2.19. The summed E-state index contributed by atoms with van der Waals surface area (Å²) in [6.07, 6.45) is 1.57. The molecule has 152 valence electrons. The number of halogens is 2. The molecular formula is C22H19ClFN5O. The van der Waals surface area contributed by atoms with Crippen molar-refractivity contribution in [3.05, 3.63) is 77.7 Å². The van der Waals surface area contributed by atoms with Crippen LogP contribution in [0.1, 0.15) is 15.9 Å². The molecule has 0 aliphatic heterocycles. The van der Waals surface area contributed by atoms with Gasteiger partial charge >= 0.3 is 0 Å². The minimum Gasteiger partial charge on any atom is -0.368 e. The van der Waals surface area contributed by atoms with Crippen molar-refractivity contribution in [3.8, 4) is 33.8 Å². The van der Waals surface area contributed by atoms with Crippen molar-refractivity contribution in [1.29, 1.82) is 0 Å². The molecule has 4 aromatic rings. The van der Waals surface area contributed by atoms with Crippen molar-refractivity contribution in [2.45, 2.75) is 6.92 Å². The van der Waals surface area contributed by atoms with Gasteiger partial charge in [0.25, 0.3) is 0 Å². The maximum Gasteiger partial charge on any atom is 0.249 e. The molecule has 0 spiro atoms. The lowest BCUT2D eigenvalue weighted by molar-refractivity contribution is 0.100. The lowest BCUT2D eigenvalue weighted by Crippen LogP contribution is -2.12. The Balaban J connectivity index is 0.00000256. The van der Waals surface area contributed by atoms with Crippen molar-refractivity contribution >= 4 is 24.3 Å². The number of aromatic nitrogens is 3. The number of nitrogens with two attached hydrogens (primary N) is 2. The zero-order chi connectivity index (χ0) is 20.5.